The number of aromatic nitrogens is 1. The van der Waals surface area contributed by atoms with Crippen molar-refractivity contribution in [2.75, 3.05) is 0 Å². The molecule has 14 heavy (non-hydrogen) atoms. The zero-order valence-electron chi connectivity index (χ0n) is 8.71. The van der Waals surface area contributed by atoms with Gasteiger partial charge in [0.2, 0.25) is 0 Å². The number of Topliss-reactive ketones (excluding diaryl/α,β-unsaturated/α-hetero) is 1. The van der Waals surface area contributed by atoms with Crippen molar-refractivity contribution in [2.45, 2.75) is 39.0 Å². The van der Waals surface area contributed by atoms with E-state index in [1.807, 2.05) is 13.1 Å². The Hall–Kier alpha value is -1.18. The number of hydrogen-bond donors (Lipinski definition) is 0. The average molecular weight is 189 g/mol. The third-order valence-electron chi connectivity index (χ3n) is 2.90. The van der Waals surface area contributed by atoms with Gasteiger partial charge in [0.25, 0.3) is 0 Å². The van der Waals surface area contributed by atoms with Gasteiger partial charge in [-0.15, -0.1) is 0 Å². The molecular weight excluding hydrogens is 174 g/mol. The normalized spacial score (nSPS) is 20.3. The van der Waals surface area contributed by atoms with E-state index < -0.39 is 0 Å². The maximum Gasteiger partial charge on any atom is 0.138 e. The largest absolute Gasteiger partial charge is 0.299 e. The van der Waals surface area contributed by atoms with Crippen molar-refractivity contribution >= 4 is 5.78 Å². The number of nitrogens with zero attached hydrogens (tertiary/aromatic N) is 1. The minimum atomic E-state index is 0.0550. The molecule has 1 aromatic heterocycles. The first-order chi connectivity index (χ1) is 6.68. The lowest BCUT2D eigenvalue weighted by molar-refractivity contribution is -0.118. The minimum absolute atomic E-state index is 0.0550. The van der Waals surface area contributed by atoms with Crippen LogP contribution in [0, 0.1) is 6.92 Å². The number of carbonyl (C=O) groups excluding carboxylic acids is 1. The second-order valence-corrected chi connectivity index (χ2v) is 4.11. The van der Waals surface area contributed by atoms with Crippen molar-refractivity contribution in [1.82, 2.24) is 4.98 Å². The molecule has 0 aromatic carbocycles. The number of ketones is 1. The van der Waals surface area contributed by atoms with Gasteiger partial charge in [0.15, 0.2) is 0 Å². The molecule has 1 unspecified atom stereocenters. The van der Waals surface area contributed by atoms with Crippen molar-refractivity contribution < 1.29 is 4.79 Å². The SMILES string of the molecule is CC(=O)C1CCCc2cc(C)cnc21. The Bertz CT molecular complexity index is 371. The van der Waals surface area contributed by atoms with E-state index in [4.69, 9.17) is 0 Å². The fourth-order valence-electron chi connectivity index (χ4n) is 2.18. The molecule has 0 aliphatic heterocycles. The molecule has 1 aliphatic carbocycles. The lowest BCUT2D eigenvalue weighted by Gasteiger charge is -2.22. The Morgan fingerprint density at radius 3 is 3.07 bits per heavy atom. The lowest BCUT2D eigenvalue weighted by Crippen LogP contribution is -2.17. The molecule has 0 amide bonds. The number of carbonyl (C=O) groups is 1. The number of hydrogen-bond acceptors (Lipinski definition) is 2. The quantitative estimate of drug-likeness (QED) is 0.679. The van der Waals surface area contributed by atoms with Gasteiger partial charge in [0.05, 0.1) is 11.6 Å². The summed E-state index contributed by atoms with van der Waals surface area (Å²) < 4.78 is 0. The Morgan fingerprint density at radius 2 is 2.36 bits per heavy atom. The molecule has 74 valence electrons. The van der Waals surface area contributed by atoms with Crippen molar-refractivity contribution in [3.8, 4) is 0 Å². The Morgan fingerprint density at radius 1 is 1.57 bits per heavy atom. The molecule has 2 rings (SSSR count). The van der Waals surface area contributed by atoms with Gasteiger partial charge in [0.1, 0.15) is 5.78 Å². The molecule has 0 radical (unpaired) electrons. The summed E-state index contributed by atoms with van der Waals surface area (Å²) in [5.74, 6) is 0.307. The topological polar surface area (TPSA) is 30.0 Å². The van der Waals surface area contributed by atoms with E-state index in [1.165, 1.54) is 11.1 Å². The van der Waals surface area contributed by atoms with E-state index in [0.29, 0.717) is 0 Å². The maximum absolute atomic E-state index is 11.4. The van der Waals surface area contributed by atoms with Gasteiger partial charge >= 0.3 is 0 Å². The summed E-state index contributed by atoms with van der Waals surface area (Å²) in [7, 11) is 0. The van der Waals surface area contributed by atoms with Crippen molar-refractivity contribution in [3.63, 3.8) is 0 Å². The highest BCUT2D eigenvalue weighted by Gasteiger charge is 2.24. The van der Waals surface area contributed by atoms with Crippen LogP contribution in [-0.4, -0.2) is 10.8 Å². The number of aryl methyl sites for hydroxylation is 2. The zero-order chi connectivity index (χ0) is 10.1. The summed E-state index contributed by atoms with van der Waals surface area (Å²) in [5, 5.41) is 0. The fourth-order valence-corrected chi connectivity index (χ4v) is 2.18. The van der Waals surface area contributed by atoms with Crippen LogP contribution in [0.25, 0.3) is 0 Å². The second kappa shape index (κ2) is 3.52. The summed E-state index contributed by atoms with van der Waals surface area (Å²) in [6.45, 7) is 3.71. The summed E-state index contributed by atoms with van der Waals surface area (Å²) in [6.07, 6.45) is 5.02. The fraction of sp³-hybridized carbons (Fsp3) is 0.500. The molecule has 1 heterocycles. The van der Waals surface area contributed by atoms with Crippen LogP contribution < -0.4 is 0 Å². The van der Waals surface area contributed by atoms with Crippen LogP contribution >= 0.6 is 0 Å². The number of fused-ring (bicyclic) bond motifs is 1. The Labute approximate surface area is 84.4 Å². The first-order valence-electron chi connectivity index (χ1n) is 5.14. The minimum Gasteiger partial charge on any atom is -0.299 e. The number of pyridine rings is 1. The van der Waals surface area contributed by atoms with Gasteiger partial charge in [-0.05, 0) is 44.2 Å². The van der Waals surface area contributed by atoms with Crippen LogP contribution in [0.1, 0.15) is 42.5 Å². The highest BCUT2D eigenvalue weighted by molar-refractivity contribution is 5.83. The third-order valence-corrected chi connectivity index (χ3v) is 2.90. The molecule has 0 saturated heterocycles. The van der Waals surface area contributed by atoms with Crippen LogP contribution in [0.3, 0.4) is 0 Å². The molecule has 0 saturated carbocycles. The molecule has 2 heteroatoms. The first-order valence-corrected chi connectivity index (χ1v) is 5.14. The van der Waals surface area contributed by atoms with Gasteiger partial charge in [-0.1, -0.05) is 6.07 Å². The summed E-state index contributed by atoms with van der Waals surface area (Å²) in [4.78, 5) is 15.8. The van der Waals surface area contributed by atoms with Gasteiger partial charge < -0.3 is 0 Å². The molecule has 1 atom stereocenters. The zero-order valence-corrected chi connectivity index (χ0v) is 8.71. The van der Waals surface area contributed by atoms with Crippen molar-refractivity contribution in [2.24, 2.45) is 0 Å². The molecule has 1 aliphatic rings. The van der Waals surface area contributed by atoms with Gasteiger partial charge in [-0.3, -0.25) is 9.78 Å². The number of rotatable bonds is 1. The van der Waals surface area contributed by atoms with Crippen LogP contribution in [0.15, 0.2) is 12.3 Å². The van der Waals surface area contributed by atoms with Gasteiger partial charge in [0, 0.05) is 6.20 Å². The van der Waals surface area contributed by atoms with E-state index in [9.17, 15) is 4.79 Å². The molecule has 0 spiro atoms. The van der Waals surface area contributed by atoms with Crippen molar-refractivity contribution in [1.29, 1.82) is 0 Å². The Balaban J connectivity index is 2.44. The van der Waals surface area contributed by atoms with E-state index in [1.54, 1.807) is 6.92 Å². The molecule has 2 nitrogen and oxygen atoms in total. The van der Waals surface area contributed by atoms with Crippen molar-refractivity contribution in [3.05, 3.63) is 29.1 Å². The first kappa shape index (κ1) is 9.38. The predicted octanol–water partition coefficient (Wildman–Crippen LogP) is 2.40. The second-order valence-electron chi connectivity index (χ2n) is 4.11. The van der Waals surface area contributed by atoms with E-state index >= 15 is 0 Å². The summed E-state index contributed by atoms with van der Waals surface area (Å²) in [6, 6.07) is 2.16. The molecular formula is C12H15NO. The van der Waals surface area contributed by atoms with Gasteiger partial charge in [-0.2, -0.15) is 0 Å². The van der Waals surface area contributed by atoms with E-state index in [2.05, 4.69) is 11.1 Å². The van der Waals surface area contributed by atoms with E-state index in [-0.39, 0.29) is 11.7 Å². The summed E-state index contributed by atoms with van der Waals surface area (Å²) >= 11 is 0. The standard InChI is InChI=1S/C12H15NO/c1-8-6-10-4-3-5-11(9(2)14)12(10)13-7-8/h6-7,11H,3-5H2,1-2H3. The van der Waals surface area contributed by atoms with Crippen LogP contribution in [0.2, 0.25) is 0 Å². The highest BCUT2D eigenvalue weighted by atomic mass is 16.1. The van der Waals surface area contributed by atoms with E-state index in [0.717, 1.165) is 25.0 Å². The lowest BCUT2D eigenvalue weighted by atomic mass is 9.84. The molecule has 0 N–H and O–H groups in total. The predicted molar refractivity (Wildman–Crippen MR) is 55.3 cm³/mol. The Kier molecular flexibility index (Phi) is 2.36. The van der Waals surface area contributed by atoms with Crippen LogP contribution in [0.5, 0.6) is 0 Å². The maximum atomic E-state index is 11.4. The molecule has 0 fully saturated rings. The monoisotopic (exact) mass is 189 g/mol. The molecule has 0 bridgehead atoms. The third kappa shape index (κ3) is 1.57. The van der Waals surface area contributed by atoms with Gasteiger partial charge in [-0.25, -0.2) is 0 Å². The molecule has 1 aromatic rings. The summed E-state index contributed by atoms with van der Waals surface area (Å²) in [5.41, 5.74) is 3.48. The van der Waals surface area contributed by atoms with Crippen LogP contribution in [-0.2, 0) is 11.2 Å². The smallest absolute Gasteiger partial charge is 0.138 e. The highest BCUT2D eigenvalue weighted by Crippen LogP contribution is 2.30. The van der Waals surface area contributed by atoms with Crippen LogP contribution in [0.4, 0.5) is 0 Å². The average Bonchev–Trinajstić information content (AvgIpc) is 2.16.